The van der Waals surface area contributed by atoms with Crippen LogP contribution in [0.5, 0.6) is 0 Å². The van der Waals surface area contributed by atoms with Crippen LogP contribution in [0.4, 0.5) is 4.79 Å². The fraction of sp³-hybridized carbons (Fsp3) is 0.923. The molecule has 0 N–H and O–H groups in total. The molecule has 0 aromatic carbocycles. The number of rotatable bonds is 1. The molecule has 0 aromatic heterocycles. The van der Waals surface area contributed by atoms with Gasteiger partial charge in [0.1, 0.15) is 5.60 Å². The monoisotopic (exact) mass is 271 g/mol. The Balaban J connectivity index is 0.000000861. The van der Waals surface area contributed by atoms with Gasteiger partial charge >= 0.3 is 6.09 Å². The third kappa shape index (κ3) is 4.08. The average Bonchev–Trinajstić information content (AvgIpc) is 2.86. The first-order chi connectivity index (χ1) is 8.89. The van der Waals surface area contributed by atoms with Gasteiger partial charge in [0.05, 0.1) is 5.29 Å². The number of nitrogens with zero attached hydrogens (tertiary/aromatic N) is 3. The summed E-state index contributed by atoms with van der Waals surface area (Å²) in [6.07, 6.45) is -0.252. The normalized spacial score (nSPS) is 25.5. The highest BCUT2D eigenvalue weighted by Gasteiger charge is 2.42. The third-order valence-electron chi connectivity index (χ3n) is 3.23. The summed E-state index contributed by atoms with van der Waals surface area (Å²) < 4.78 is 5.33. The molecule has 2 saturated heterocycles. The summed E-state index contributed by atoms with van der Waals surface area (Å²) >= 11 is 0. The van der Waals surface area contributed by atoms with E-state index in [4.69, 9.17) is 4.74 Å². The Labute approximate surface area is 115 Å². The predicted octanol–water partition coefficient (Wildman–Crippen LogP) is 2.49. The number of ether oxygens (including phenoxy) is 1. The summed E-state index contributed by atoms with van der Waals surface area (Å²) in [5.41, 5.74) is -0.453. The van der Waals surface area contributed by atoms with Gasteiger partial charge in [0.2, 0.25) is 0 Å². The van der Waals surface area contributed by atoms with Crippen molar-refractivity contribution < 1.29 is 9.53 Å². The van der Waals surface area contributed by atoms with Crippen LogP contribution in [-0.4, -0.2) is 47.8 Å². The zero-order valence-electron chi connectivity index (χ0n) is 12.5. The molecule has 2 aliphatic rings. The summed E-state index contributed by atoms with van der Waals surface area (Å²) in [5, 5.41) is 4.49. The molecule has 0 bridgehead atoms. The van der Waals surface area contributed by atoms with Crippen molar-refractivity contribution >= 4 is 6.09 Å². The van der Waals surface area contributed by atoms with E-state index in [1.54, 1.807) is 9.91 Å². The van der Waals surface area contributed by atoms with Gasteiger partial charge in [-0.25, -0.2) is 4.79 Å². The number of likely N-dealkylation sites (tertiary alicyclic amines) is 1. The molecule has 0 saturated carbocycles. The maximum Gasteiger partial charge on any atom is 0.410 e. The van der Waals surface area contributed by atoms with Gasteiger partial charge in [0, 0.05) is 38.0 Å². The standard InChI is InChI=1S/C11H19N3O3.C2H6/c1-11(2,3)17-10(15)13-4-8-6-14(12-16)7-9(8)5-13;1-2/h8-9H,4-7H2,1-3H3;1-2H3. The summed E-state index contributed by atoms with van der Waals surface area (Å²) in [5.74, 6) is 0.723. The smallest absolute Gasteiger partial charge is 0.410 e. The van der Waals surface area contributed by atoms with Crippen LogP contribution in [-0.2, 0) is 4.74 Å². The molecule has 2 atom stereocenters. The van der Waals surface area contributed by atoms with Crippen LogP contribution in [0.25, 0.3) is 0 Å². The lowest BCUT2D eigenvalue weighted by atomic mass is 10.0. The Bertz CT molecular complexity index is 314. The molecule has 0 spiro atoms. The number of nitroso groups, excluding NO2 is 1. The minimum absolute atomic E-state index is 0.252. The Morgan fingerprint density at radius 3 is 1.95 bits per heavy atom. The highest BCUT2D eigenvalue weighted by molar-refractivity contribution is 5.68. The molecular formula is C13H25N3O3. The molecule has 6 nitrogen and oxygen atoms in total. The fourth-order valence-corrected chi connectivity index (χ4v) is 2.51. The Morgan fingerprint density at radius 2 is 1.58 bits per heavy atom. The molecular weight excluding hydrogens is 246 g/mol. The van der Waals surface area contributed by atoms with Gasteiger partial charge in [0.15, 0.2) is 0 Å². The van der Waals surface area contributed by atoms with E-state index in [0.717, 1.165) is 0 Å². The summed E-state index contributed by atoms with van der Waals surface area (Å²) in [7, 11) is 0. The lowest BCUT2D eigenvalue weighted by Gasteiger charge is -2.25. The summed E-state index contributed by atoms with van der Waals surface area (Å²) in [6, 6.07) is 0. The first kappa shape index (κ1) is 15.7. The lowest BCUT2D eigenvalue weighted by molar-refractivity contribution is 0.0274. The van der Waals surface area contributed by atoms with Crippen LogP contribution in [0.1, 0.15) is 34.6 Å². The molecule has 110 valence electrons. The molecule has 0 aromatic rings. The first-order valence-corrected chi connectivity index (χ1v) is 6.95. The van der Waals surface area contributed by atoms with Crippen molar-refractivity contribution in [1.82, 2.24) is 9.91 Å². The average molecular weight is 271 g/mol. The number of fused-ring (bicyclic) bond motifs is 1. The van der Waals surface area contributed by atoms with E-state index in [0.29, 0.717) is 38.0 Å². The van der Waals surface area contributed by atoms with Crippen LogP contribution < -0.4 is 0 Å². The molecule has 1 amide bonds. The number of amides is 1. The Kier molecular flexibility index (Phi) is 5.14. The van der Waals surface area contributed by atoms with Crippen molar-refractivity contribution in [2.75, 3.05) is 26.2 Å². The van der Waals surface area contributed by atoms with Crippen molar-refractivity contribution in [3.05, 3.63) is 4.91 Å². The van der Waals surface area contributed by atoms with Crippen molar-refractivity contribution in [3.8, 4) is 0 Å². The lowest BCUT2D eigenvalue weighted by Crippen LogP contribution is -2.37. The van der Waals surface area contributed by atoms with Gasteiger partial charge in [-0.2, -0.15) is 0 Å². The fourth-order valence-electron chi connectivity index (χ4n) is 2.51. The van der Waals surface area contributed by atoms with Crippen molar-refractivity contribution in [1.29, 1.82) is 0 Å². The van der Waals surface area contributed by atoms with Crippen LogP contribution in [0, 0.1) is 16.7 Å². The van der Waals surface area contributed by atoms with Gasteiger partial charge in [0.25, 0.3) is 0 Å². The van der Waals surface area contributed by atoms with Crippen LogP contribution >= 0.6 is 0 Å². The van der Waals surface area contributed by atoms with Crippen molar-refractivity contribution in [2.24, 2.45) is 17.1 Å². The number of hydrogen-bond acceptors (Lipinski definition) is 4. The number of carbonyl (C=O) groups is 1. The molecule has 2 unspecified atom stereocenters. The van der Waals surface area contributed by atoms with E-state index in [9.17, 15) is 9.70 Å². The SMILES string of the molecule is CC.CC(C)(C)OC(=O)N1CC2CN(N=O)CC2C1. The molecule has 19 heavy (non-hydrogen) atoms. The van der Waals surface area contributed by atoms with E-state index >= 15 is 0 Å². The van der Waals surface area contributed by atoms with Crippen LogP contribution in [0.3, 0.4) is 0 Å². The molecule has 0 radical (unpaired) electrons. The number of hydrogen-bond donors (Lipinski definition) is 0. The molecule has 0 aliphatic carbocycles. The maximum atomic E-state index is 11.8. The highest BCUT2D eigenvalue weighted by atomic mass is 16.6. The third-order valence-corrected chi connectivity index (χ3v) is 3.23. The second-order valence-corrected chi connectivity index (χ2v) is 5.86. The zero-order valence-corrected chi connectivity index (χ0v) is 12.5. The van der Waals surface area contributed by atoms with Gasteiger partial charge in [-0.3, -0.25) is 5.01 Å². The van der Waals surface area contributed by atoms with Gasteiger partial charge in [-0.15, -0.1) is 4.91 Å². The molecule has 2 rings (SSSR count). The zero-order chi connectivity index (χ0) is 14.6. The Morgan fingerprint density at radius 1 is 1.11 bits per heavy atom. The first-order valence-electron chi connectivity index (χ1n) is 6.95. The van der Waals surface area contributed by atoms with Crippen molar-refractivity contribution in [3.63, 3.8) is 0 Å². The minimum atomic E-state index is -0.453. The molecule has 2 aliphatic heterocycles. The minimum Gasteiger partial charge on any atom is -0.444 e. The predicted molar refractivity (Wildman–Crippen MR) is 73.5 cm³/mol. The van der Waals surface area contributed by atoms with E-state index in [-0.39, 0.29) is 6.09 Å². The van der Waals surface area contributed by atoms with Crippen LogP contribution in [0.2, 0.25) is 0 Å². The van der Waals surface area contributed by atoms with E-state index in [1.165, 1.54) is 0 Å². The van der Waals surface area contributed by atoms with E-state index in [2.05, 4.69) is 5.29 Å². The van der Waals surface area contributed by atoms with E-state index in [1.807, 2.05) is 34.6 Å². The topological polar surface area (TPSA) is 62.2 Å². The summed E-state index contributed by atoms with van der Waals surface area (Å²) in [6.45, 7) is 12.2. The molecule has 2 heterocycles. The van der Waals surface area contributed by atoms with Gasteiger partial charge < -0.3 is 9.64 Å². The number of carbonyl (C=O) groups excluding carboxylic acids is 1. The second-order valence-electron chi connectivity index (χ2n) is 5.86. The Hall–Kier alpha value is -1.33. The second kappa shape index (κ2) is 6.21. The summed E-state index contributed by atoms with van der Waals surface area (Å²) in [4.78, 5) is 24.0. The molecule has 6 heteroatoms. The van der Waals surface area contributed by atoms with Gasteiger partial charge in [-0.05, 0) is 20.8 Å². The highest BCUT2D eigenvalue weighted by Crippen LogP contribution is 2.31. The quantitative estimate of drug-likeness (QED) is 0.687. The van der Waals surface area contributed by atoms with Crippen LogP contribution in [0.15, 0.2) is 5.29 Å². The molecule has 2 fully saturated rings. The van der Waals surface area contributed by atoms with Gasteiger partial charge in [-0.1, -0.05) is 13.8 Å². The van der Waals surface area contributed by atoms with E-state index < -0.39 is 5.60 Å². The maximum absolute atomic E-state index is 11.8. The van der Waals surface area contributed by atoms with Crippen molar-refractivity contribution in [2.45, 2.75) is 40.2 Å². The largest absolute Gasteiger partial charge is 0.444 e.